The molecular formula is C19H27Cl2N5O. The van der Waals surface area contributed by atoms with Crippen molar-refractivity contribution in [1.29, 1.82) is 0 Å². The Balaban J connectivity index is 0.00000261. The summed E-state index contributed by atoms with van der Waals surface area (Å²) >= 11 is 5.96. The molecule has 6 nitrogen and oxygen atoms in total. The van der Waals surface area contributed by atoms with Gasteiger partial charge in [-0.05, 0) is 43.6 Å². The number of rotatable bonds is 7. The topological polar surface area (TPSA) is 110 Å². The standard InChI is InChI=1S/C19H26ClN5O.ClH/c20-16-15(21)17(25-18(22)24-16)23-11-19(12-26)9-8-14(10-19)7-6-13-4-2-1-3-5-13;/h1-5,14,26H,6-12,21H2,(H3,22,23,24,25);1H. The molecule has 1 fully saturated rings. The Hall–Kier alpha value is -1.76. The Morgan fingerprint density at radius 3 is 2.67 bits per heavy atom. The number of anilines is 3. The van der Waals surface area contributed by atoms with E-state index >= 15 is 0 Å². The van der Waals surface area contributed by atoms with E-state index < -0.39 is 0 Å². The first kappa shape index (κ1) is 21.5. The van der Waals surface area contributed by atoms with E-state index in [0.717, 1.165) is 32.1 Å². The van der Waals surface area contributed by atoms with E-state index in [4.69, 9.17) is 23.1 Å². The Morgan fingerprint density at radius 2 is 1.96 bits per heavy atom. The average Bonchev–Trinajstić information content (AvgIpc) is 3.07. The van der Waals surface area contributed by atoms with Crippen molar-refractivity contribution in [2.24, 2.45) is 11.3 Å². The third-order valence-electron chi connectivity index (χ3n) is 5.37. The lowest BCUT2D eigenvalue weighted by molar-refractivity contribution is 0.137. The minimum absolute atomic E-state index is 0. The number of nitrogens with two attached hydrogens (primary N) is 2. The number of benzene rings is 1. The molecule has 8 heteroatoms. The summed E-state index contributed by atoms with van der Waals surface area (Å²) in [6.07, 6.45) is 5.30. The van der Waals surface area contributed by atoms with Gasteiger partial charge in [0, 0.05) is 12.0 Å². The largest absolute Gasteiger partial charge is 0.396 e. The van der Waals surface area contributed by atoms with E-state index in [1.165, 1.54) is 5.56 Å². The molecule has 2 unspecified atom stereocenters. The van der Waals surface area contributed by atoms with Crippen LogP contribution in [0.25, 0.3) is 0 Å². The fourth-order valence-corrected chi connectivity index (χ4v) is 3.99. The van der Waals surface area contributed by atoms with Crippen molar-refractivity contribution >= 4 is 41.5 Å². The van der Waals surface area contributed by atoms with Crippen LogP contribution in [0.15, 0.2) is 30.3 Å². The molecule has 1 aliphatic carbocycles. The number of nitrogen functional groups attached to an aromatic ring is 2. The van der Waals surface area contributed by atoms with Crippen LogP contribution in [0.2, 0.25) is 5.15 Å². The minimum atomic E-state index is -0.167. The summed E-state index contributed by atoms with van der Waals surface area (Å²) in [5, 5.41) is 13.4. The maximum absolute atomic E-state index is 10.0. The summed E-state index contributed by atoms with van der Waals surface area (Å²) in [6.45, 7) is 0.721. The normalized spacial score (nSPS) is 21.6. The van der Waals surface area contributed by atoms with Crippen LogP contribution < -0.4 is 16.8 Å². The van der Waals surface area contributed by atoms with Crippen LogP contribution in [0.3, 0.4) is 0 Å². The van der Waals surface area contributed by atoms with Crippen LogP contribution in [-0.2, 0) is 6.42 Å². The lowest BCUT2D eigenvalue weighted by Crippen LogP contribution is -2.31. The molecule has 0 bridgehead atoms. The number of hydrogen-bond donors (Lipinski definition) is 4. The van der Waals surface area contributed by atoms with Gasteiger partial charge in [0.25, 0.3) is 0 Å². The second-order valence-electron chi connectivity index (χ2n) is 7.28. The molecule has 1 heterocycles. The summed E-state index contributed by atoms with van der Waals surface area (Å²) in [4.78, 5) is 7.95. The molecule has 1 aromatic heterocycles. The van der Waals surface area contributed by atoms with Gasteiger partial charge in [0.15, 0.2) is 11.0 Å². The molecule has 0 saturated heterocycles. The Bertz CT molecular complexity index is 746. The highest BCUT2D eigenvalue weighted by Crippen LogP contribution is 2.43. The highest BCUT2D eigenvalue weighted by atomic mass is 35.5. The van der Waals surface area contributed by atoms with Gasteiger partial charge in [-0.1, -0.05) is 41.9 Å². The SMILES string of the molecule is Cl.Nc1nc(Cl)c(N)c(NCC2(CO)CCC(CCc3ccccc3)C2)n1. The van der Waals surface area contributed by atoms with E-state index in [-0.39, 0.29) is 41.2 Å². The van der Waals surface area contributed by atoms with Crippen molar-refractivity contribution in [3.05, 3.63) is 41.0 Å². The summed E-state index contributed by atoms with van der Waals surface area (Å²) in [5.74, 6) is 1.13. The molecule has 0 spiro atoms. The summed E-state index contributed by atoms with van der Waals surface area (Å²) in [7, 11) is 0. The van der Waals surface area contributed by atoms with Gasteiger partial charge in [0.2, 0.25) is 5.95 Å². The van der Waals surface area contributed by atoms with Crippen molar-refractivity contribution in [1.82, 2.24) is 9.97 Å². The number of aliphatic hydroxyl groups excluding tert-OH is 1. The molecule has 3 rings (SSSR count). The highest BCUT2D eigenvalue weighted by Gasteiger charge is 2.38. The number of hydrogen-bond acceptors (Lipinski definition) is 6. The monoisotopic (exact) mass is 411 g/mol. The third-order valence-corrected chi connectivity index (χ3v) is 5.66. The molecule has 1 aromatic carbocycles. The number of aryl methyl sites for hydroxylation is 1. The highest BCUT2D eigenvalue weighted by molar-refractivity contribution is 6.32. The van der Waals surface area contributed by atoms with Gasteiger partial charge in [0.1, 0.15) is 5.69 Å². The second kappa shape index (κ2) is 9.44. The number of nitrogens with zero attached hydrogens (tertiary/aromatic N) is 2. The van der Waals surface area contributed by atoms with Crippen LogP contribution in [-0.4, -0.2) is 28.2 Å². The van der Waals surface area contributed by atoms with E-state index in [0.29, 0.717) is 18.3 Å². The quantitative estimate of drug-likeness (QED) is 0.518. The van der Waals surface area contributed by atoms with Gasteiger partial charge >= 0.3 is 0 Å². The van der Waals surface area contributed by atoms with Crippen molar-refractivity contribution in [3.8, 4) is 0 Å². The Labute approximate surface area is 171 Å². The van der Waals surface area contributed by atoms with Crippen LogP contribution in [0.4, 0.5) is 17.5 Å². The van der Waals surface area contributed by atoms with Gasteiger partial charge < -0.3 is 21.9 Å². The summed E-state index contributed by atoms with van der Waals surface area (Å²) in [6, 6.07) is 10.5. The molecule has 2 atom stereocenters. The Kier molecular flexibility index (Phi) is 7.53. The van der Waals surface area contributed by atoms with E-state index in [1.807, 2.05) is 6.07 Å². The summed E-state index contributed by atoms with van der Waals surface area (Å²) < 4.78 is 0. The zero-order valence-corrected chi connectivity index (χ0v) is 16.8. The molecule has 0 radical (unpaired) electrons. The van der Waals surface area contributed by atoms with Gasteiger partial charge in [-0.15, -0.1) is 12.4 Å². The average molecular weight is 412 g/mol. The number of aromatic nitrogens is 2. The zero-order valence-electron chi connectivity index (χ0n) is 15.2. The first-order chi connectivity index (χ1) is 12.5. The van der Waals surface area contributed by atoms with Gasteiger partial charge in [-0.3, -0.25) is 0 Å². The van der Waals surface area contributed by atoms with E-state index in [2.05, 4.69) is 39.6 Å². The first-order valence-electron chi connectivity index (χ1n) is 8.98. The van der Waals surface area contributed by atoms with Crippen LogP contribution in [0.5, 0.6) is 0 Å². The first-order valence-corrected chi connectivity index (χ1v) is 9.36. The molecule has 2 aromatic rings. The predicted molar refractivity (Wildman–Crippen MR) is 113 cm³/mol. The number of nitrogens with one attached hydrogen (secondary N) is 1. The molecule has 0 amide bonds. The fraction of sp³-hybridized carbons (Fsp3) is 0.474. The van der Waals surface area contributed by atoms with Crippen molar-refractivity contribution < 1.29 is 5.11 Å². The second-order valence-corrected chi connectivity index (χ2v) is 7.64. The number of halogens is 2. The van der Waals surface area contributed by atoms with Crippen LogP contribution in [0.1, 0.15) is 31.2 Å². The zero-order chi connectivity index (χ0) is 18.6. The van der Waals surface area contributed by atoms with Crippen LogP contribution in [0, 0.1) is 11.3 Å². The number of aliphatic hydroxyl groups is 1. The fourth-order valence-electron chi connectivity index (χ4n) is 3.81. The molecule has 6 N–H and O–H groups in total. The van der Waals surface area contributed by atoms with Crippen LogP contribution >= 0.6 is 24.0 Å². The van der Waals surface area contributed by atoms with Crippen molar-refractivity contribution in [2.45, 2.75) is 32.1 Å². The molecule has 1 saturated carbocycles. The molecule has 1 aliphatic rings. The van der Waals surface area contributed by atoms with Gasteiger partial charge in [-0.2, -0.15) is 9.97 Å². The minimum Gasteiger partial charge on any atom is -0.396 e. The predicted octanol–water partition coefficient (Wildman–Crippen LogP) is 3.54. The molecule has 148 valence electrons. The lowest BCUT2D eigenvalue weighted by atomic mass is 9.85. The lowest BCUT2D eigenvalue weighted by Gasteiger charge is -2.28. The van der Waals surface area contributed by atoms with Crippen molar-refractivity contribution in [2.75, 3.05) is 29.9 Å². The van der Waals surface area contributed by atoms with E-state index in [9.17, 15) is 5.11 Å². The summed E-state index contributed by atoms with van der Waals surface area (Å²) in [5.41, 5.74) is 13.1. The maximum Gasteiger partial charge on any atom is 0.223 e. The maximum atomic E-state index is 10.0. The van der Waals surface area contributed by atoms with Gasteiger partial charge in [0.05, 0.1) is 6.61 Å². The Morgan fingerprint density at radius 1 is 1.22 bits per heavy atom. The molecule has 27 heavy (non-hydrogen) atoms. The van der Waals surface area contributed by atoms with Crippen molar-refractivity contribution in [3.63, 3.8) is 0 Å². The van der Waals surface area contributed by atoms with Gasteiger partial charge in [-0.25, -0.2) is 0 Å². The molecular weight excluding hydrogens is 385 g/mol. The molecule has 0 aliphatic heterocycles. The smallest absolute Gasteiger partial charge is 0.223 e. The van der Waals surface area contributed by atoms with E-state index in [1.54, 1.807) is 0 Å². The third kappa shape index (κ3) is 5.37.